The van der Waals surface area contributed by atoms with Gasteiger partial charge in [-0.25, -0.2) is 4.98 Å². The van der Waals surface area contributed by atoms with Crippen LogP contribution in [0.3, 0.4) is 0 Å². The molecule has 2 atom stereocenters. The van der Waals surface area contributed by atoms with E-state index in [1.54, 1.807) is 11.9 Å². The summed E-state index contributed by atoms with van der Waals surface area (Å²) >= 11 is 0. The van der Waals surface area contributed by atoms with Gasteiger partial charge in [0.25, 0.3) is 5.91 Å². The van der Waals surface area contributed by atoms with E-state index in [9.17, 15) is 9.90 Å². The minimum atomic E-state index is -0.457. The van der Waals surface area contributed by atoms with Gasteiger partial charge in [0.05, 0.1) is 24.5 Å². The van der Waals surface area contributed by atoms with Crippen molar-refractivity contribution < 1.29 is 9.90 Å². The molecule has 6 nitrogen and oxygen atoms in total. The Morgan fingerprint density at radius 3 is 2.83 bits per heavy atom. The van der Waals surface area contributed by atoms with Crippen molar-refractivity contribution in [3.8, 4) is 0 Å². The minimum Gasteiger partial charge on any atom is -0.391 e. The number of likely N-dealkylation sites (N-methyl/N-ethyl adjacent to an activating group) is 1. The van der Waals surface area contributed by atoms with Gasteiger partial charge in [0.2, 0.25) is 0 Å². The summed E-state index contributed by atoms with van der Waals surface area (Å²) in [4.78, 5) is 21.6. The van der Waals surface area contributed by atoms with Gasteiger partial charge in [0, 0.05) is 7.05 Å². The van der Waals surface area contributed by atoms with E-state index in [0.717, 1.165) is 25.7 Å². The minimum absolute atomic E-state index is 0.144. The lowest BCUT2D eigenvalue weighted by molar-refractivity contribution is 0.0264. The summed E-state index contributed by atoms with van der Waals surface area (Å²) < 4.78 is 0. The van der Waals surface area contributed by atoms with Crippen molar-refractivity contribution >= 4 is 11.7 Å². The van der Waals surface area contributed by atoms with Crippen molar-refractivity contribution in [2.45, 2.75) is 37.8 Å². The second-order valence-electron chi connectivity index (χ2n) is 4.66. The van der Waals surface area contributed by atoms with E-state index < -0.39 is 6.10 Å². The number of aliphatic hydroxyl groups excluding tert-OH is 1. The third kappa shape index (κ3) is 2.59. The smallest absolute Gasteiger partial charge is 0.274 e. The molecular formula is C12H18N4O2. The van der Waals surface area contributed by atoms with Crippen molar-refractivity contribution in [3.05, 3.63) is 18.1 Å². The van der Waals surface area contributed by atoms with Crippen LogP contribution >= 0.6 is 0 Å². The van der Waals surface area contributed by atoms with Gasteiger partial charge in [0.15, 0.2) is 0 Å². The molecule has 98 valence electrons. The maximum Gasteiger partial charge on any atom is 0.274 e. The third-order valence-corrected chi connectivity index (χ3v) is 3.38. The number of carbonyl (C=O) groups is 1. The highest BCUT2D eigenvalue weighted by molar-refractivity contribution is 5.92. The van der Waals surface area contributed by atoms with E-state index >= 15 is 0 Å². The quantitative estimate of drug-likeness (QED) is 0.794. The number of hydrogen-bond donors (Lipinski definition) is 2. The predicted molar refractivity (Wildman–Crippen MR) is 66.8 cm³/mol. The normalized spacial score (nSPS) is 23.7. The second-order valence-corrected chi connectivity index (χ2v) is 4.66. The maximum absolute atomic E-state index is 12.2. The molecule has 0 radical (unpaired) electrons. The molecule has 0 aromatic carbocycles. The van der Waals surface area contributed by atoms with Crippen LogP contribution in [0.25, 0.3) is 0 Å². The van der Waals surface area contributed by atoms with Gasteiger partial charge in [0.1, 0.15) is 11.5 Å². The zero-order chi connectivity index (χ0) is 13.1. The van der Waals surface area contributed by atoms with E-state index in [4.69, 9.17) is 5.73 Å². The monoisotopic (exact) mass is 250 g/mol. The van der Waals surface area contributed by atoms with Crippen LogP contribution in [-0.2, 0) is 0 Å². The van der Waals surface area contributed by atoms with Crippen molar-refractivity contribution in [2.24, 2.45) is 0 Å². The first-order valence-electron chi connectivity index (χ1n) is 6.12. The van der Waals surface area contributed by atoms with Crippen molar-refractivity contribution in [1.82, 2.24) is 14.9 Å². The summed E-state index contributed by atoms with van der Waals surface area (Å²) in [6.45, 7) is 0. The molecule has 3 N–H and O–H groups in total. The van der Waals surface area contributed by atoms with Crippen molar-refractivity contribution in [3.63, 3.8) is 0 Å². The van der Waals surface area contributed by atoms with Crippen LogP contribution in [0.15, 0.2) is 12.4 Å². The number of anilines is 1. The molecule has 2 unspecified atom stereocenters. The lowest BCUT2D eigenvalue weighted by Crippen LogP contribution is -2.46. The van der Waals surface area contributed by atoms with Gasteiger partial charge in [-0.2, -0.15) is 0 Å². The summed E-state index contributed by atoms with van der Waals surface area (Å²) in [6, 6.07) is -0.144. The first-order valence-corrected chi connectivity index (χ1v) is 6.12. The average molecular weight is 250 g/mol. The molecule has 0 saturated heterocycles. The van der Waals surface area contributed by atoms with Crippen LogP contribution in [-0.4, -0.2) is 45.1 Å². The first kappa shape index (κ1) is 12.8. The summed E-state index contributed by atoms with van der Waals surface area (Å²) in [6.07, 6.45) is 5.93. The second kappa shape index (κ2) is 5.30. The Hall–Kier alpha value is -1.69. The highest BCUT2D eigenvalue weighted by Crippen LogP contribution is 2.23. The van der Waals surface area contributed by atoms with E-state index in [1.807, 2.05) is 0 Å². The largest absolute Gasteiger partial charge is 0.391 e. The lowest BCUT2D eigenvalue weighted by Gasteiger charge is -2.34. The number of aromatic nitrogens is 2. The Balaban J connectivity index is 2.13. The molecule has 1 aromatic heterocycles. The number of amides is 1. The summed E-state index contributed by atoms with van der Waals surface area (Å²) in [5.74, 6) is -0.0285. The molecule has 6 heteroatoms. The molecular weight excluding hydrogens is 232 g/mol. The Kier molecular flexibility index (Phi) is 3.76. The molecule has 1 heterocycles. The van der Waals surface area contributed by atoms with Crippen LogP contribution in [0.1, 0.15) is 36.2 Å². The Morgan fingerprint density at radius 2 is 2.17 bits per heavy atom. The Bertz CT molecular complexity index is 438. The zero-order valence-corrected chi connectivity index (χ0v) is 10.4. The van der Waals surface area contributed by atoms with E-state index in [2.05, 4.69) is 9.97 Å². The van der Waals surface area contributed by atoms with Crippen LogP contribution in [0.4, 0.5) is 5.82 Å². The van der Waals surface area contributed by atoms with Crippen LogP contribution < -0.4 is 5.73 Å². The van der Waals surface area contributed by atoms with Crippen LogP contribution in [0, 0.1) is 0 Å². The molecule has 1 fully saturated rings. The fraction of sp³-hybridized carbons (Fsp3) is 0.583. The number of rotatable bonds is 2. The number of carbonyl (C=O) groups excluding carboxylic acids is 1. The zero-order valence-electron chi connectivity index (χ0n) is 10.4. The van der Waals surface area contributed by atoms with E-state index in [0.29, 0.717) is 0 Å². The van der Waals surface area contributed by atoms with Gasteiger partial charge in [-0.15, -0.1) is 0 Å². The number of hydrogen-bond acceptors (Lipinski definition) is 5. The van der Waals surface area contributed by atoms with E-state index in [-0.39, 0.29) is 23.5 Å². The van der Waals surface area contributed by atoms with Crippen molar-refractivity contribution in [2.75, 3.05) is 12.8 Å². The predicted octanol–water partition coefficient (Wildman–Crippen LogP) is 0.434. The number of nitrogens with zero attached hydrogens (tertiary/aromatic N) is 3. The summed E-state index contributed by atoms with van der Waals surface area (Å²) in [5.41, 5.74) is 5.73. The Labute approximate surface area is 106 Å². The first-order chi connectivity index (χ1) is 8.59. The topological polar surface area (TPSA) is 92.3 Å². The highest BCUT2D eigenvalue weighted by atomic mass is 16.3. The maximum atomic E-state index is 12.2. The number of nitrogens with two attached hydrogens (primary N) is 1. The third-order valence-electron chi connectivity index (χ3n) is 3.38. The highest BCUT2D eigenvalue weighted by Gasteiger charge is 2.30. The van der Waals surface area contributed by atoms with Gasteiger partial charge >= 0.3 is 0 Å². The van der Waals surface area contributed by atoms with Gasteiger partial charge in [-0.1, -0.05) is 12.8 Å². The molecule has 0 bridgehead atoms. The van der Waals surface area contributed by atoms with Gasteiger partial charge in [-0.05, 0) is 12.8 Å². The molecule has 1 aliphatic carbocycles. The van der Waals surface area contributed by atoms with E-state index in [1.165, 1.54) is 12.4 Å². The molecule has 18 heavy (non-hydrogen) atoms. The SMILES string of the molecule is CN(C(=O)c1cncc(N)n1)C1CCCCC1O. The average Bonchev–Trinajstić information content (AvgIpc) is 2.37. The summed E-state index contributed by atoms with van der Waals surface area (Å²) in [5, 5.41) is 9.94. The van der Waals surface area contributed by atoms with Gasteiger partial charge < -0.3 is 15.7 Å². The molecule has 1 amide bonds. The Morgan fingerprint density at radius 1 is 1.44 bits per heavy atom. The number of nitrogen functional groups attached to an aromatic ring is 1. The van der Waals surface area contributed by atoms with Crippen molar-refractivity contribution in [1.29, 1.82) is 0 Å². The lowest BCUT2D eigenvalue weighted by atomic mass is 9.91. The molecule has 0 spiro atoms. The molecule has 1 aromatic rings. The summed E-state index contributed by atoms with van der Waals surface area (Å²) in [7, 11) is 1.69. The molecule has 1 saturated carbocycles. The standard InChI is InChI=1S/C12H18N4O2/c1-16(9-4-2-3-5-10(9)17)12(18)8-6-14-7-11(13)15-8/h6-7,9-10,17H,2-5H2,1H3,(H2,13,15). The number of aliphatic hydroxyl groups is 1. The van der Waals surface area contributed by atoms with Crippen LogP contribution in [0.2, 0.25) is 0 Å². The van der Waals surface area contributed by atoms with Gasteiger partial charge in [-0.3, -0.25) is 9.78 Å². The fourth-order valence-electron chi connectivity index (χ4n) is 2.36. The molecule has 1 aliphatic rings. The molecule has 0 aliphatic heterocycles. The van der Waals surface area contributed by atoms with Crippen LogP contribution in [0.5, 0.6) is 0 Å². The molecule has 2 rings (SSSR count). The fourth-order valence-corrected chi connectivity index (χ4v) is 2.36.